The second-order valence-electron chi connectivity index (χ2n) is 14.1. The van der Waals surface area contributed by atoms with Crippen LogP contribution in [0.1, 0.15) is 66.5 Å². The first kappa shape index (κ1) is 37.0. The highest BCUT2D eigenvalue weighted by atomic mass is 35.5. The van der Waals surface area contributed by atoms with E-state index in [1.165, 1.54) is 23.1 Å². The lowest BCUT2D eigenvalue weighted by Gasteiger charge is -2.35. The van der Waals surface area contributed by atoms with Crippen LogP contribution < -0.4 is 10.1 Å². The molecule has 1 aliphatic heterocycles. The molecule has 1 aliphatic carbocycles. The molecule has 1 saturated carbocycles. The van der Waals surface area contributed by atoms with E-state index < -0.39 is 65.0 Å². The molecule has 10 nitrogen and oxygen atoms in total. The quantitative estimate of drug-likeness (QED) is 0.179. The number of esters is 1. The van der Waals surface area contributed by atoms with Gasteiger partial charge in [-0.2, -0.15) is 8.78 Å². The van der Waals surface area contributed by atoms with Gasteiger partial charge in [-0.15, -0.1) is 6.58 Å². The smallest absolute Gasteiger partial charge is 0.408 e. The van der Waals surface area contributed by atoms with Gasteiger partial charge in [0, 0.05) is 10.9 Å². The Morgan fingerprint density at radius 1 is 1.15 bits per heavy atom. The van der Waals surface area contributed by atoms with Crippen molar-refractivity contribution in [1.29, 1.82) is 0 Å². The molecule has 2 amide bonds. The molecule has 6 atom stereocenters. The van der Waals surface area contributed by atoms with Crippen LogP contribution in [-0.2, 0) is 25.0 Å². The first-order valence-corrected chi connectivity index (χ1v) is 16.6. The maximum absolute atomic E-state index is 15.1. The van der Waals surface area contributed by atoms with E-state index in [4.69, 9.17) is 25.8 Å². The number of amides is 2. The van der Waals surface area contributed by atoms with Crippen LogP contribution in [0.4, 0.5) is 13.6 Å². The van der Waals surface area contributed by atoms with Crippen molar-refractivity contribution < 1.29 is 37.4 Å². The summed E-state index contributed by atoms with van der Waals surface area (Å²) in [6.07, 6.45) is 2.68. The summed E-state index contributed by atoms with van der Waals surface area (Å²) in [5, 5.41) is 3.04. The van der Waals surface area contributed by atoms with Crippen LogP contribution in [0.15, 0.2) is 43.5 Å². The molecule has 13 heteroatoms. The van der Waals surface area contributed by atoms with Crippen molar-refractivity contribution in [2.24, 2.45) is 23.2 Å². The van der Waals surface area contributed by atoms with Gasteiger partial charge in [-0.3, -0.25) is 4.79 Å². The largest absolute Gasteiger partial charge is 0.471 e. The molecule has 0 bridgehead atoms. The number of nitrogens with zero attached hydrogens (tertiary/aromatic N) is 3. The van der Waals surface area contributed by atoms with Crippen LogP contribution in [0.3, 0.4) is 0 Å². The molecule has 2 fully saturated rings. The molecule has 1 N–H and O–H groups in total. The molecular weight excluding hydrogens is 646 g/mol. The normalized spacial score (nSPS) is 23.0. The second kappa shape index (κ2) is 14.8. The summed E-state index contributed by atoms with van der Waals surface area (Å²) in [6.45, 7) is 17.6. The van der Waals surface area contributed by atoms with Gasteiger partial charge in [0.15, 0.2) is 5.69 Å². The summed E-state index contributed by atoms with van der Waals surface area (Å²) >= 11 is 6.13. The summed E-state index contributed by atoms with van der Waals surface area (Å²) in [5.74, 6) is -5.83. The van der Waals surface area contributed by atoms with Gasteiger partial charge >= 0.3 is 18.0 Å². The number of likely N-dealkylation sites (tertiary alicyclic amines) is 1. The standard InChI is InChI=1S/C35H45ClF2N4O6/c1-9-11-12-21-15-25(21)48-33(45)41-29(34(6,7)8)31(43)42-17-26(20(5)27(42)32(44)46-18-19(3)4)47-30-28(35(37,38)10-2)39-23-14-13-22(36)16-24(23)40-30/h9-10,13-14,16,19-21,25-27,29H,1-2,11-12,15,17-18H2,3-8H3,(H,41,45)/t20-,21-,25-,26+,27+,29-/m1/s1. The lowest BCUT2D eigenvalue weighted by atomic mass is 9.85. The number of rotatable bonds is 13. The lowest BCUT2D eigenvalue weighted by molar-refractivity contribution is -0.156. The number of aromatic nitrogens is 2. The molecule has 1 saturated heterocycles. The zero-order chi connectivity index (χ0) is 35.6. The molecule has 0 spiro atoms. The van der Waals surface area contributed by atoms with Gasteiger partial charge in [0.1, 0.15) is 24.3 Å². The molecule has 2 heterocycles. The third-order valence-corrected chi connectivity index (χ3v) is 8.78. The van der Waals surface area contributed by atoms with Gasteiger partial charge in [0.05, 0.1) is 24.2 Å². The van der Waals surface area contributed by atoms with E-state index in [0.29, 0.717) is 11.1 Å². The van der Waals surface area contributed by atoms with Crippen LogP contribution in [-0.4, -0.2) is 70.3 Å². The zero-order valence-electron chi connectivity index (χ0n) is 28.3. The van der Waals surface area contributed by atoms with Gasteiger partial charge in [0.25, 0.3) is 0 Å². The number of alkyl halides is 2. The molecule has 0 radical (unpaired) electrons. The van der Waals surface area contributed by atoms with E-state index in [9.17, 15) is 14.4 Å². The van der Waals surface area contributed by atoms with Gasteiger partial charge in [-0.05, 0) is 60.8 Å². The maximum Gasteiger partial charge on any atom is 0.408 e. The molecule has 2 aliphatic rings. The Morgan fingerprint density at radius 2 is 1.85 bits per heavy atom. The third-order valence-electron chi connectivity index (χ3n) is 8.54. The number of fused-ring (bicyclic) bond motifs is 1. The molecule has 4 rings (SSSR count). The first-order valence-electron chi connectivity index (χ1n) is 16.2. The number of hydrogen-bond acceptors (Lipinski definition) is 8. The van der Waals surface area contributed by atoms with E-state index >= 15 is 8.78 Å². The van der Waals surface area contributed by atoms with Crippen molar-refractivity contribution in [3.05, 3.63) is 54.2 Å². The number of hydrogen-bond donors (Lipinski definition) is 1. The van der Waals surface area contributed by atoms with Gasteiger partial charge in [-0.1, -0.05) is 65.8 Å². The average molecular weight is 691 g/mol. The molecular formula is C35H45ClF2N4O6. The minimum Gasteiger partial charge on any atom is -0.471 e. The van der Waals surface area contributed by atoms with Gasteiger partial charge in [-0.25, -0.2) is 19.6 Å². The number of carbonyl (C=O) groups excluding carboxylic acids is 3. The third kappa shape index (κ3) is 8.61. The van der Waals surface area contributed by atoms with Crippen molar-refractivity contribution in [1.82, 2.24) is 20.2 Å². The lowest BCUT2D eigenvalue weighted by Crippen LogP contribution is -2.57. The fraction of sp³-hybridized carbons (Fsp3) is 0.571. The van der Waals surface area contributed by atoms with E-state index in [-0.39, 0.29) is 42.1 Å². The van der Waals surface area contributed by atoms with Crippen LogP contribution in [0.2, 0.25) is 5.02 Å². The number of ether oxygens (including phenoxy) is 3. The summed E-state index contributed by atoms with van der Waals surface area (Å²) in [5.41, 5.74) is -1.20. The Bertz CT molecular complexity index is 1550. The van der Waals surface area contributed by atoms with Gasteiger partial charge in [0.2, 0.25) is 11.8 Å². The fourth-order valence-corrected chi connectivity index (χ4v) is 5.83. The zero-order valence-corrected chi connectivity index (χ0v) is 29.1. The molecule has 0 unspecified atom stereocenters. The molecule has 1 aromatic heterocycles. The second-order valence-corrected chi connectivity index (χ2v) is 14.5. The number of allylic oxidation sites excluding steroid dienone is 2. The number of alkyl carbamates (subject to hydrolysis) is 1. The minimum atomic E-state index is -3.61. The Morgan fingerprint density at radius 3 is 2.48 bits per heavy atom. The highest BCUT2D eigenvalue weighted by molar-refractivity contribution is 6.31. The first-order chi connectivity index (χ1) is 22.5. The van der Waals surface area contributed by atoms with E-state index in [1.807, 2.05) is 19.9 Å². The van der Waals surface area contributed by atoms with Crippen molar-refractivity contribution in [2.45, 2.75) is 91.0 Å². The summed E-state index contributed by atoms with van der Waals surface area (Å²) in [6, 6.07) is 2.18. The Hall–Kier alpha value is -3.80. The molecule has 1 aromatic carbocycles. The Balaban J connectivity index is 1.65. The van der Waals surface area contributed by atoms with Crippen LogP contribution >= 0.6 is 11.6 Å². The number of nitrogens with one attached hydrogen (secondary N) is 1. The highest BCUT2D eigenvalue weighted by Gasteiger charge is 2.52. The van der Waals surface area contributed by atoms with Crippen LogP contribution in [0.5, 0.6) is 5.88 Å². The summed E-state index contributed by atoms with van der Waals surface area (Å²) in [4.78, 5) is 50.6. The SMILES string of the molecule is C=CCC[C@@H]1C[C@H]1OC(=O)N[C@H](C(=O)N1C[C@H](Oc2nc3cc(Cl)ccc3nc2C(F)(F)C=C)[C@@H](C)[C@H]1C(=O)OCC(C)C)C(C)(C)C. The fourth-order valence-electron chi connectivity index (χ4n) is 5.66. The van der Waals surface area contributed by atoms with Crippen LogP contribution in [0, 0.1) is 23.2 Å². The minimum absolute atomic E-state index is 0.0155. The van der Waals surface area contributed by atoms with Crippen molar-refractivity contribution in [3.8, 4) is 5.88 Å². The van der Waals surface area contributed by atoms with E-state index in [0.717, 1.165) is 19.3 Å². The molecule has 48 heavy (non-hydrogen) atoms. The monoisotopic (exact) mass is 690 g/mol. The predicted molar refractivity (Wildman–Crippen MR) is 178 cm³/mol. The van der Waals surface area contributed by atoms with Crippen molar-refractivity contribution in [3.63, 3.8) is 0 Å². The summed E-state index contributed by atoms with van der Waals surface area (Å²) < 4.78 is 47.5. The topological polar surface area (TPSA) is 120 Å². The van der Waals surface area contributed by atoms with E-state index in [1.54, 1.807) is 27.7 Å². The van der Waals surface area contributed by atoms with Crippen molar-refractivity contribution >= 4 is 40.6 Å². The average Bonchev–Trinajstić information content (AvgIpc) is 3.67. The number of halogens is 3. The van der Waals surface area contributed by atoms with Gasteiger partial charge < -0.3 is 24.4 Å². The highest BCUT2D eigenvalue weighted by Crippen LogP contribution is 2.39. The number of carbonyl (C=O) groups is 3. The predicted octanol–water partition coefficient (Wildman–Crippen LogP) is 6.85. The molecule has 262 valence electrons. The van der Waals surface area contributed by atoms with Crippen LogP contribution in [0.25, 0.3) is 11.0 Å². The van der Waals surface area contributed by atoms with Crippen molar-refractivity contribution in [2.75, 3.05) is 13.2 Å². The Labute approximate surface area is 285 Å². The maximum atomic E-state index is 15.1. The van der Waals surface area contributed by atoms with E-state index in [2.05, 4.69) is 28.4 Å². The number of benzene rings is 1. The molecule has 2 aromatic rings. The Kier molecular flexibility index (Phi) is 11.4. The summed E-state index contributed by atoms with van der Waals surface area (Å²) in [7, 11) is 0.